The number of hydrogen-bond acceptors (Lipinski definition) is 6. The number of esters is 1. The second-order valence-corrected chi connectivity index (χ2v) is 9.70. The monoisotopic (exact) mass is 477 g/mol. The Bertz CT molecular complexity index is 1580. The quantitative estimate of drug-likeness (QED) is 0.424. The van der Waals surface area contributed by atoms with Crippen LogP contribution in [0.5, 0.6) is 0 Å². The largest absolute Gasteiger partial charge is 0.456 e. The third kappa shape index (κ3) is 4.99. The highest BCUT2D eigenvalue weighted by Gasteiger charge is 2.20. The molecule has 0 unspecified atom stereocenters. The number of benzene rings is 2. The molecule has 0 aliphatic carbocycles. The molecule has 0 saturated heterocycles. The topological polar surface area (TPSA) is 107 Å². The van der Waals surface area contributed by atoms with Crippen LogP contribution in [0.4, 0.5) is 5.69 Å². The summed E-state index contributed by atoms with van der Waals surface area (Å²) in [6.45, 7) is 5.15. The number of nitrogens with one attached hydrogen (secondary N) is 1. The number of nitrogens with zero attached hydrogens (tertiary/aromatic N) is 2. The molecule has 4 rings (SSSR count). The normalized spacial score (nSPS) is 11.4. The molecule has 0 saturated carbocycles. The van der Waals surface area contributed by atoms with E-state index in [4.69, 9.17) is 4.74 Å². The Labute approximate surface area is 196 Å². The van der Waals surface area contributed by atoms with Gasteiger partial charge in [0.25, 0.3) is 15.6 Å². The van der Waals surface area contributed by atoms with Crippen molar-refractivity contribution in [1.82, 2.24) is 9.38 Å². The molecule has 0 fully saturated rings. The first kappa shape index (κ1) is 23.2. The second kappa shape index (κ2) is 9.11. The van der Waals surface area contributed by atoms with Crippen molar-refractivity contribution in [2.24, 2.45) is 0 Å². The Morgan fingerprint density at radius 2 is 1.79 bits per heavy atom. The number of fused-ring (bicyclic) bond motifs is 1. The number of carbonyl (C=O) groups is 1. The van der Waals surface area contributed by atoms with Gasteiger partial charge in [0.1, 0.15) is 12.3 Å². The van der Waals surface area contributed by atoms with Crippen molar-refractivity contribution in [3.05, 3.63) is 105 Å². The summed E-state index contributed by atoms with van der Waals surface area (Å²) in [7, 11) is -3.93. The molecule has 2 heterocycles. The second-order valence-electron chi connectivity index (χ2n) is 8.05. The number of pyridine rings is 1. The number of sulfonamides is 1. The number of aromatic nitrogens is 2. The Kier molecular flexibility index (Phi) is 6.21. The molecule has 34 heavy (non-hydrogen) atoms. The van der Waals surface area contributed by atoms with Crippen molar-refractivity contribution < 1.29 is 17.9 Å². The molecule has 8 nitrogen and oxygen atoms in total. The number of carbonyl (C=O) groups excluding carboxylic acids is 1. The SMILES string of the molecule is Cc1cccc(NS(=O)(=O)c2cc(C(=O)OCc3cc(=O)n4cc(C)ccc4n3)ccc2C)c1. The molecule has 9 heteroatoms. The molecule has 0 amide bonds. The number of anilines is 1. The van der Waals surface area contributed by atoms with E-state index in [-0.39, 0.29) is 22.6 Å². The minimum Gasteiger partial charge on any atom is -0.456 e. The van der Waals surface area contributed by atoms with Crippen LogP contribution < -0.4 is 10.3 Å². The summed E-state index contributed by atoms with van der Waals surface area (Å²) in [6.07, 6.45) is 1.68. The lowest BCUT2D eigenvalue weighted by Crippen LogP contribution is -2.17. The molecule has 1 N–H and O–H groups in total. The van der Waals surface area contributed by atoms with Crippen molar-refractivity contribution in [2.75, 3.05) is 4.72 Å². The molecule has 2 aromatic heterocycles. The third-order valence-corrected chi connectivity index (χ3v) is 6.72. The van der Waals surface area contributed by atoms with Crippen LogP contribution in [0.2, 0.25) is 0 Å². The van der Waals surface area contributed by atoms with Crippen LogP contribution in [0.3, 0.4) is 0 Å². The fourth-order valence-electron chi connectivity index (χ4n) is 3.49. The van der Waals surface area contributed by atoms with E-state index in [0.717, 1.165) is 11.1 Å². The predicted molar refractivity (Wildman–Crippen MR) is 128 cm³/mol. The van der Waals surface area contributed by atoms with Gasteiger partial charge in [-0.15, -0.1) is 0 Å². The molecule has 0 aliphatic rings. The van der Waals surface area contributed by atoms with Crippen LogP contribution in [0.1, 0.15) is 32.7 Å². The van der Waals surface area contributed by atoms with Gasteiger partial charge in [-0.1, -0.05) is 24.3 Å². The minimum absolute atomic E-state index is 0.0269. The van der Waals surface area contributed by atoms with Crippen LogP contribution >= 0.6 is 0 Å². The van der Waals surface area contributed by atoms with Crippen LogP contribution in [0.25, 0.3) is 5.65 Å². The molecule has 0 atom stereocenters. The van der Waals surface area contributed by atoms with Gasteiger partial charge >= 0.3 is 5.97 Å². The zero-order valence-electron chi connectivity index (χ0n) is 18.9. The smallest absolute Gasteiger partial charge is 0.338 e. The van der Waals surface area contributed by atoms with Gasteiger partial charge < -0.3 is 4.74 Å². The van der Waals surface area contributed by atoms with E-state index in [2.05, 4.69) is 9.71 Å². The van der Waals surface area contributed by atoms with Gasteiger partial charge in [0.05, 0.1) is 16.2 Å². The van der Waals surface area contributed by atoms with E-state index in [0.29, 0.717) is 22.6 Å². The fraction of sp³-hybridized carbons (Fsp3) is 0.160. The van der Waals surface area contributed by atoms with Crippen molar-refractivity contribution in [1.29, 1.82) is 0 Å². The zero-order chi connectivity index (χ0) is 24.5. The van der Waals surface area contributed by atoms with Gasteiger partial charge in [0.2, 0.25) is 0 Å². The van der Waals surface area contributed by atoms with E-state index in [9.17, 15) is 18.0 Å². The Morgan fingerprint density at radius 1 is 1.00 bits per heavy atom. The first-order valence-corrected chi connectivity index (χ1v) is 12.0. The standard InChI is InChI=1S/C25H23N3O5S/c1-16-5-4-6-20(11-16)27-34(31,32)22-12-19(9-8-18(22)3)25(30)33-15-21-13-24(29)28-14-17(2)7-10-23(28)26-21/h4-14,27H,15H2,1-3H3. The maximum Gasteiger partial charge on any atom is 0.338 e. The molecule has 0 radical (unpaired) electrons. The number of hydrogen-bond donors (Lipinski definition) is 1. The van der Waals surface area contributed by atoms with E-state index < -0.39 is 16.0 Å². The Morgan fingerprint density at radius 3 is 2.56 bits per heavy atom. The summed E-state index contributed by atoms with van der Waals surface area (Å²) >= 11 is 0. The van der Waals surface area contributed by atoms with Crippen molar-refractivity contribution >= 4 is 27.3 Å². The van der Waals surface area contributed by atoms with E-state index in [1.807, 2.05) is 26.0 Å². The van der Waals surface area contributed by atoms with E-state index >= 15 is 0 Å². The number of rotatable bonds is 6. The van der Waals surface area contributed by atoms with Gasteiger partial charge in [-0.25, -0.2) is 18.2 Å². The van der Waals surface area contributed by atoms with Crippen LogP contribution in [-0.2, 0) is 21.4 Å². The lowest BCUT2D eigenvalue weighted by Gasteiger charge is -2.12. The molecular weight excluding hydrogens is 454 g/mol. The first-order chi connectivity index (χ1) is 16.1. The maximum absolute atomic E-state index is 13.0. The molecule has 0 bridgehead atoms. The predicted octanol–water partition coefficient (Wildman–Crippen LogP) is 3.78. The van der Waals surface area contributed by atoms with Gasteiger partial charge in [0.15, 0.2) is 0 Å². The minimum atomic E-state index is -3.93. The Balaban J connectivity index is 1.54. The van der Waals surface area contributed by atoms with Crippen molar-refractivity contribution in [3.63, 3.8) is 0 Å². The highest BCUT2D eigenvalue weighted by atomic mass is 32.2. The number of aryl methyl sites for hydroxylation is 3. The highest BCUT2D eigenvalue weighted by Crippen LogP contribution is 2.22. The van der Waals surface area contributed by atoms with Gasteiger partial charge in [-0.3, -0.25) is 13.9 Å². The lowest BCUT2D eigenvalue weighted by molar-refractivity contribution is 0.0467. The summed E-state index contributed by atoms with van der Waals surface area (Å²) in [5, 5.41) is 0. The molecule has 2 aromatic carbocycles. The first-order valence-electron chi connectivity index (χ1n) is 10.5. The van der Waals surface area contributed by atoms with Crippen LogP contribution in [0.15, 0.2) is 76.6 Å². The van der Waals surface area contributed by atoms with Gasteiger partial charge in [-0.05, 0) is 67.8 Å². The van der Waals surface area contributed by atoms with Gasteiger partial charge in [-0.2, -0.15) is 0 Å². The molecular formula is C25H23N3O5S. The van der Waals surface area contributed by atoms with E-state index in [1.165, 1.54) is 22.6 Å². The molecule has 0 spiro atoms. The average Bonchev–Trinajstić information content (AvgIpc) is 2.78. The summed E-state index contributed by atoms with van der Waals surface area (Å²) in [4.78, 5) is 29.3. The van der Waals surface area contributed by atoms with E-state index in [1.54, 1.807) is 43.5 Å². The summed E-state index contributed by atoms with van der Waals surface area (Å²) in [5.41, 5.74) is 3.25. The average molecular weight is 478 g/mol. The van der Waals surface area contributed by atoms with Crippen LogP contribution in [0, 0.1) is 20.8 Å². The van der Waals surface area contributed by atoms with Crippen LogP contribution in [-0.4, -0.2) is 23.8 Å². The lowest BCUT2D eigenvalue weighted by atomic mass is 10.1. The highest BCUT2D eigenvalue weighted by molar-refractivity contribution is 7.92. The molecule has 4 aromatic rings. The summed E-state index contributed by atoms with van der Waals surface area (Å²) < 4.78 is 35.2. The van der Waals surface area contributed by atoms with Crippen molar-refractivity contribution in [2.45, 2.75) is 32.3 Å². The zero-order valence-corrected chi connectivity index (χ0v) is 19.7. The fourth-order valence-corrected chi connectivity index (χ4v) is 4.81. The molecule has 0 aliphatic heterocycles. The Hall–Kier alpha value is -3.98. The molecule has 174 valence electrons. The summed E-state index contributed by atoms with van der Waals surface area (Å²) in [6, 6.07) is 16.1. The number of ether oxygens (including phenoxy) is 1. The van der Waals surface area contributed by atoms with Crippen molar-refractivity contribution in [3.8, 4) is 0 Å². The van der Waals surface area contributed by atoms with Gasteiger partial charge in [0, 0.05) is 18.0 Å². The third-order valence-electron chi connectivity index (χ3n) is 5.20. The summed E-state index contributed by atoms with van der Waals surface area (Å²) in [5.74, 6) is -0.724. The maximum atomic E-state index is 13.0.